The number of ketones is 1. The summed E-state index contributed by atoms with van der Waals surface area (Å²) in [6, 6.07) is 13.8. The number of Topliss-reactive ketones (excluding diaryl/α,β-unsaturated/α-hetero) is 1. The molecule has 2 aromatic rings. The van der Waals surface area contributed by atoms with Gasteiger partial charge in [0.25, 0.3) is 6.92 Å². The molecule has 1 amide bonds. The van der Waals surface area contributed by atoms with Crippen molar-refractivity contribution in [2.45, 2.75) is 90.6 Å². The molecule has 5 nitrogen and oxygen atoms in total. The molecule has 2 aromatic carbocycles. The number of benzene rings is 2. The molecule has 0 spiro atoms. The Morgan fingerprint density at radius 1 is 1.12 bits per heavy atom. The zero-order chi connectivity index (χ0) is 24.8. The van der Waals surface area contributed by atoms with Gasteiger partial charge in [0.05, 0.1) is 12.1 Å². The molecular weight excluding hydrogens is 423 g/mol. The Kier molecular flexibility index (Phi) is 9.32. The second kappa shape index (κ2) is 12.0. The van der Waals surface area contributed by atoms with E-state index in [9.17, 15) is 14.6 Å². The van der Waals surface area contributed by atoms with Gasteiger partial charge in [0.2, 0.25) is 5.91 Å². The number of likely N-dealkylation sites (tertiary alicyclic amines) is 1. The maximum Gasteiger partial charge on any atom is 0.289 e. The molecule has 0 bridgehead atoms. The minimum absolute atomic E-state index is 0.00179. The number of nitrogens with zero attached hydrogens (tertiary/aromatic N) is 1. The van der Waals surface area contributed by atoms with Crippen LogP contribution in [0.25, 0.3) is 10.8 Å². The van der Waals surface area contributed by atoms with Crippen molar-refractivity contribution in [1.82, 2.24) is 10.2 Å². The van der Waals surface area contributed by atoms with Gasteiger partial charge in [-0.15, -0.1) is 0 Å². The number of fused-ring (bicyclic) bond motifs is 1. The lowest BCUT2D eigenvalue weighted by molar-refractivity contribution is -0.131. The third-order valence-electron chi connectivity index (χ3n) is 7.19. The highest BCUT2D eigenvalue weighted by Crippen LogP contribution is 2.27. The molecule has 2 N–H and O–H groups in total. The van der Waals surface area contributed by atoms with Gasteiger partial charge in [-0.25, -0.2) is 0 Å². The summed E-state index contributed by atoms with van der Waals surface area (Å²) in [5, 5.41) is 15.7. The average Bonchev–Trinajstić information content (AvgIpc) is 3.28. The Labute approximate surface area is 205 Å². The lowest BCUT2D eigenvalue weighted by Gasteiger charge is -2.29. The topological polar surface area (TPSA) is 69.6 Å². The lowest BCUT2D eigenvalue weighted by Crippen LogP contribution is -2.51. The highest BCUT2D eigenvalue weighted by atomic mass is 16.2. The molecule has 1 heterocycles. The van der Waals surface area contributed by atoms with Crippen molar-refractivity contribution in [3.63, 3.8) is 0 Å². The lowest BCUT2D eigenvalue weighted by atomic mass is 9.54. The summed E-state index contributed by atoms with van der Waals surface area (Å²) < 4.78 is 0. The van der Waals surface area contributed by atoms with Gasteiger partial charge < -0.3 is 10.3 Å². The standard InChI is InChI=1S/C28H41BN2O3/c1-19(2)16-23(29(5)34)18-27(32)25(30-28(33)26-14-9-15-31(26)20(3)4)17-22-12-8-11-21-10-6-7-13-24(21)22/h6-8,10-13,19-20,23,25-26,34H,9,14-18H2,1-5H3,(H,30,33)/t23?,25?,26-/m1/s1. The van der Waals surface area contributed by atoms with Crippen molar-refractivity contribution in [1.29, 1.82) is 0 Å². The summed E-state index contributed by atoms with van der Waals surface area (Å²) in [5.74, 6) is 0.221. The van der Waals surface area contributed by atoms with E-state index in [0.29, 0.717) is 12.3 Å². The first-order chi connectivity index (χ1) is 16.2. The van der Waals surface area contributed by atoms with Crippen LogP contribution in [0.1, 0.15) is 58.9 Å². The number of rotatable bonds is 11. The normalized spacial score (nSPS) is 18.4. The van der Waals surface area contributed by atoms with Crippen LogP contribution >= 0.6 is 0 Å². The molecule has 1 saturated heterocycles. The fourth-order valence-corrected chi connectivity index (χ4v) is 5.35. The summed E-state index contributed by atoms with van der Waals surface area (Å²) in [4.78, 5) is 29.2. The van der Waals surface area contributed by atoms with Crippen molar-refractivity contribution < 1.29 is 14.6 Å². The molecule has 1 fully saturated rings. The van der Waals surface area contributed by atoms with Gasteiger partial charge in [0.15, 0.2) is 5.78 Å². The van der Waals surface area contributed by atoms with Crippen LogP contribution in [-0.2, 0) is 16.0 Å². The highest BCUT2D eigenvalue weighted by molar-refractivity contribution is 6.50. The molecule has 0 radical (unpaired) electrons. The van der Waals surface area contributed by atoms with E-state index in [4.69, 9.17) is 0 Å². The first-order valence-electron chi connectivity index (χ1n) is 12.9. The van der Waals surface area contributed by atoms with Crippen molar-refractivity contribution in [2.24, 2.45) is 5.92 Å². The van der Waals surface area contributed by atoms with Crippen LogP contribution in [-0.4, -0.2) is 53.2 Å². The zero-order valence-electron chi connectivity index (χ0n) is 21.5. The van der Waals surface area contributed by atoms with Gasteiger partial charge >= 0.3 is 0 Å². The monoisotopic (exact) mass is 464 g/mol. The molecule has 0 aliphatic carbocycles. The molecule has 2 unspecified atom stereocenters. The van der Waals surface area contributed by atoms with Gasteiger partial charge in [-0.05, 0) is 61.3 Å². The number of carbonyl (C=O) groups excluding carboxylic acids is 2. The largest absolute Gasteiger partial charge is 0.450 e. The SMILES string of the molecule is CB(O)C(CC(=O)C(Cc1cccc2ccccc12)NC(=O)[C@H]1CCCN1C(C)C)CC(C)C. The molecule has 3 atom stereocenters. The molecule has 0 saturated carbocycles. The van der Waals surface area contributed by atoms with Crippen LogP contribution in [0, 0.1) is 5.92 Å². The molecule has 1 aliphatic heterocycles. The summed E-state index contributed by atoms with van der Waals surface area (Å²) >= 11 is 0. The minimum Gasteiger partial charge on any atom is -0.450 e. The van der Waals surface area contributed by atoms with Crippen LogP contribution in [0.2, 0.25) is 12.6 Å². The van der Waals surface area contributed by atoms with Crippen molar-refractivity contribution in [2.75, 3.05) is 6.54 Å². The third-order valence-corrected chi connectivity index (χ3v) is 7.19. The van der Waals surface area contributed by atoms with E-state index < -0.39 is 13.0 Å². The van der Waals surface area contributed by atoms with Crippen LogP contribution in [0.15, 0.2) is 42.5 Å². The van der Waals surface area contributed by atoms with E-state index in [1.807, 2.05) is 24.3 Å². The predicted molar refractivity (Wildman–Crippen MR) is 141 cm³/mol. The van der Waals surface area contributed by atoms with E-state index >= 15 is 0 Å². The molecule has 1 aliphatic rings. The third kappa shape index (κ3) is 6.70. The Morgan fingerprint density at radius 2 is 1.82 bits per heavy atom. The smallest absolute Gasteiger partial charge is 0.289 e. The Balaban J connectivity index is 1.86. The molecule has 34 heavy (non-hydrogen) atoms. The summed E-state index contributed by atoms with van der Waals surface area (Å²) in [5.41, 5.74) is 1.06. The van der Waals surface area contributed by atoms with E-state index in [1.54, 1.807) is 6.82 Å². The minimum atomic E-state index is -0.610. The van der Waals surface area contributed by atoms with Crippen LogP contribution < -0.4 is 5.32 Å². The maximum absolute atomic E-state index is 13.6. The highest BCUT2D eigenvalue weighted by Gasteiger charge is 2.35. The number of hydrogen-bond donors (Lipinski definition) is 2. The molecule has 184 valence electrons. The van der Waals surface area contributed by atoms with Gasteiger partial charge in [-0.1, -0.05) is 69.6 Å². The van der Waals surface area contributed by atoms with E-state index in [0.717, 1.165) is 42.1 Å². The molecule has 0 aromatic heterocycles. The fourth-order valence-electron chi connectivity index (χ4n) is 5.35. The number of nitrogens with one attached hydrogen (secondary N) is 1. The van der Waals surface area contributed by atoms with Crippen molar-refractivity contribution in [3.05, 3.63) is 48.0 Å². The van der Waals surface area contributed by atoms with Gasteiger partial charge in [-0.2, -0.15) is 0 Å². The van der Waals surface area contributed by atoms with E-state index in [1.165, 1.54) is 0 Å². The first kappa shape index (κ1) is 26.4. The summed E-state index contributed by atoms with van der Waals surface area (Å²) in [6.07, 6.45) is 3.32. The van der Waals surface area contributed by atoms with Gasteiger partial charge in [0.1, 0.15) is 0 Å². The maximum atomic E-state index is 13.6. The number of amides is 1. The Hall–Kier alpha value is -2.18. The van der Waals surface area contributed by atoms with Crippen molar-refractivity contribution >= 4 is 29.4 Å². The Morgan fingerprint density at radius 3 is 2.50 bits per heavy atom. The first-order valence-corrected chi connectivity index (χ1v) is 12.9. The van der Waals surface area contributed by atoms with Crippen LogP contribution in [0.4, 0.5) is 0 Å². The number of hydrogen-bond acceptors (Lipinski definition) is 4. The second-order valence-corrected chi connectivity index (χ2v) is 10.7. The summed E-state index contributed by atoms with van der Waals surface area (Å²) in [6.45, 7) is 10.6. The Bertz CT molecular complexity index is 970. The van der Waals surface area contributed by atoms with E-state index in [-0.39, 0.29) is 36.0 Å². The van der Waals surface area contributed by atoms with Gasteiger partial charge in [-0.3, -0.25) is 14.5 Å². The van der Waals surface area contributed by atoms with E-state index in [2.05, 4.69) is 56.1 Å². The van der Waals surface area contributed by atoms with Crippen LogP contribution in [0.5, 0.6) is 0 Å². The molecular formula is C28H41BN2O3. The van der Waals surface area contributed by atoms with Crippen molar-refractivity contribution in [3.8, 4) is 0 Å². The molecule has 6 heteroatoms. The van der Waals surface area contributed by atoms with Gasteiger partial charge in [0, 0.05) is 18.9 Å². The van der Waals surface area contributed by atoms with Crippen LogP contribution in [0.3, 0.4) is 0 Å². The zero-order valence-corrected chi connectivity index (χ0v) is 21.5. The quantitative estimate of drug-likeness (QED) is 0.472. The summed E-state index contributed by atoms with van der Waals surface area (Å²) in [7, 11) is 0. The molecule has 3 rings (SSSR count). The fraction of sp³-hybridized carbons (Fsp3) is 0.571. The second-order valence-electron chi connectivity index (χ2n) is 10.7. The predicted octanol–water partition coefficient (Wildman–Crippen LogP) is 4.73. The number of carbonyl (C=O) groups is 2. The average molecular weight is 464 g/mol.